The first-order valence-electron chi connectivity index (χ1n) is 9.01. The average Bonchev–Trinajstić information content (AvgIpc) is 2.70. The van der Waals surface area contributed by atoms with E-state index in [9.17, 15) is 0 Å². The SMILES string of the molecule is Cc1ccc2cccc(Oc3ncnc(N(C)Cc4ccccc4)c3N)c2n1. The highest BCUT2D eigenvalue weighted by Crippen LogP contribution is 2.34. The van der Waals surface area contributed by atoms with Gasteiger partial charge in [-0.15, -0.1) is 0 Å². The summed E-state index contributed by atoms with van der Waals surface area (Å²) < 4.78 is 6.05. The van der Waals surface area contributed by atoms with E-state index in [0.29, 0.717) is 29.7 Å². The van der Waals surface area contributed by atoms with Crippen LogP contribution in [0.4, 0.5) is 11.5 Å². The van der Waals surface area contributed by atoms with Crippen LogP contribution >= 0.6 is 0 Å². The number of ether oxygens (including phenoxy) is 1. The number of aromatic nitrogens is 3. The zero-order chi connectivity index (χ0) is 19.5. The van der Waals surface area contributed by atoms with E-state index in [1.54, 1.807) is 0 Å². The molecule has 2 N–H and O–H groups in total. The second-order valence-corrected chi connectivity index (χ2v) is 6.64. The van der Waals surface area contributed by atoms with E-state index in [1.165, 1.54) is 11.9 Å². The first-order valence-corrected chi connectivity index (χ1v) is 9.01. The maximum absolute atomic E-state index is 6.35. The van der Waals surface area contributed by atoms with Crippen molar-refractivity contribution in [2.75, 3.05) is 17.7 Å². The molecule has 0 saturated carbocycles. The van der Waals surface area contributed by atoms with Crippen molar-refractivity contribution in [1.29, 1.82) is 0 Å². The van der Waals surface area contributed by atoms with Crippen molar-refractivity contribution in [3.8, 4) is 11.6 Å². The Morgan fingerprint density at radius 3 is 2.61 bits per heavy atom. The second kappa shape index (κ2) is 7.52. The fraction of sp³-hybridized carbons (Fsp3) is 0.136. The molecule has 6 nitrogen and oxygen atoms in total. The van der Waals surface area contributed by atoms with Crippen molar-refractivity contribution in [2.24, 2.45) is 0 Å². The fourth-order valence-corrected chi connectivity index (χ4v) is 3.09. The van der Waals surface area contributed by atoms with Gasteiger partial charge in [0.25, 0.3) is 0 Å². The second-order valence-electron chi connectivity index (χ2n) is 6.64. The number of pyridine rings is 1. The smallest absolute Gasteiger partial charge is 0.248 e. The Hall–Kier alpha value is -3.67. The van der Waals surface area contributed by atoms with Gasteiger partial charge in [-0.25, -0.2) is 9.97 Å². The Balaban J connectivity index is 1.65. The van der Waals surface area contributed by atoms with E-state index >= 15 is 0 Å². The maximum atomic E-state index is 6.35. The lowest BCUT2D eigenvalue weighted by Crippen LogP contribution is -2.19. The Morgan fingerprint density at radius 1 is 0.964 bits per heavy atom. The minimum absolute atomic E-state index is 0.320. The molecule has 0 aliphatic rings. The van der Waals surface area contributed by atoms with Crippen LogP contribution in [0.2, 0.25) is 0 Å². The van der Waals surface area contributed by atoms with Crippen LogP contribution < -0.4 is 15.4 Å². The summed E-state index contributed by atoms with van der Waals surface area (Å²) >= 11 is 0. The molecule has 0 spiro atoms. The van der Waals surface area contributed by atoms with Gasteiger partial charge in [0.2, 0.25) is 5.88 Å². The van der Waals surface area contributed by atoms with E-state index in [0.717, 1.165) is 16.6 Å². The molecule has 6 heteroatoms. The largest absolute Gasteiger partial charge is 0.435 e. The third-order valence-electron chi connectivity index (χ3n) is 4.48. The van der Waals surface area contributed by atoms with E-state index in [1.807, 2.05) is 67.4 Å². The monoisotopic (exact) mass is 371 g/mol. The highest BCUT2D eigenvalue weighted by Gasteiger charge is 2.15. The number of aryl methyl sites for hydroxylation is 1. The third kappa shape index (κ3) is 3.57. The summed E-state index contributed by atoms with van der Waals surface area (Å²) in [7, 11) is 1.94. The quantitative estimate of drug-likeness (QED) is 0.562. The highest BCUT2D eigenvalue weighted by molar-refractivity contribution is 5.85. The normalized spacial score (nSPS) is 10.8. The lowest BCUT2D eigenvalue weighted by Gasteiger charge is -2.20. The van der Waals surface area contributed by atoms with Gasteiger partial charge in [0.15, 0.2) is 11.6 Å². The van der Waals surface area contributed by atoms with Gasteiger partial charge in [0.1, 0.15) is 17.5 Å². The number of benzene rings is 2. The number of nitrogen functional groups attached to an aromatic ring is 1. The van der Waals surface area contributed by atoms with E-state index in [4.69, 9.17) is 10.5 Å². The van der Waals surface area contributed by atoms with Gasteiger partial charge in [0, 0.05) is 24.7 Å². The molecule has 0 aliphatic carbocycles. The van der Waals surface area contributed by atoms with Crippen LogP contribution in [0.5, 0.6) is 11.6 Å². The number of fused-ring (bicyclic) bond motifs is 1. The number of nitrogens with zero attached hydrogens (tertiary/aromatic N) is 4. The van der Waals surface area contributed by atoms with Gasteiger partial charge in [0.05, 0.1) is 0 Å². The minimum atomic E-state index is 0.320. The van der Waals surface area contributed by atoms with E-state index < -0.39 is 0 Å². The molecule has 0 aliphatic heterocycles. The Kier molecular flexibility index (Phi) is 4.76. The molecule has 0 atom stereocenters. The Morgan fingerprint density at radius 2 is 1.79 bits per heavy atom. The highest BCUT2D eigenvalue weighted by atomic mass is 16.5. The van der Waals surface area contributed by atoms with Gasteiger partial charge in [-0.3, -0.25) is 0 Å². The van der Waals surface area contributed by atoms with Crippen LogP contribution in [0, 0.1) is 6.92 Å². The number of nitrogens with two attached hydrogens (primary N) is 1. The van der Waals surface area contributed by atoms with Crippen molar-refractivity contribution in [2.45, 2.75) is 13.5 Å². The summed E-state index contributed by atoms with van der Waals surface area (Å²) in [5.41, 5.74) is 9.60. The number of anilines is 2. The van der Waals surface area contributed by atoms with Crippen LogP contribution in [0.1, 0.15) is 11.3 Å². The minimum Gasteiger partial charge on any atom is -0.435 e. The van der Waals surface area contributed by atoms with Crippen LogP contribution in [0.3, 0.4) is 0 Å². The molecule has 2 heterocycles. The lowest BCUT2D eigenvalue weighted by atomic mass is 10.2. The zero-order valence-electron chi connectivity index (χ0n) is 15.8. The Bertz CT molecular complexity index is 1110. The van der Waals surface area contributed by atoms with Crippen LogP contribution in [-0.2, 0) is 6.54 Å². The number of rotatable bonds is 5. The number of para-hydroxylation sites is 1. The molecule has 140 valence electrons. The topological polar surface area (TPSA) is 77.2 Å². The first kappa shape index (κ1) is 17.7. The summed E-state index contributed by atoms with van der Waals surface area (Å²) in [4.78, 5) is 15.2. The standard InChI is InChI=1S/C22H21N5O/c1-15-11-12-17-9-6-10-18(20(17)26-15)28-22-19(23)21(24-14-25-22)27(2)13-16-7-4-3-5-8-16/h3-12,14H,13,23H2,1-2H3. The lowest BCUT2D eigenvalue weighted by molar-refractivity contribution is 0.468. The van der Waals surface area contributed by atoms with Gasteiger partial charge in [-0.05, 0) is 24.6 Å². The summed E-state index contributed by atoms with van der Waals surface area (Å²) in [5.74, 6) is 1.56. The van der Waals surface area contributed by atoms with Crippen molar-refractivity contribution in [3.05, 3.63) is 78.2 Å². The summed E-state index contributed by atoms with van der Waals surface area (Å²) in [6, 6.07) is 19.9. The van der Waals surface area contributed by atoms with Crippen LogP contribution in [-0.4, -0.2) is 22.0 Å². The Labute approximate surface area is 163 Å². The summed E-state index contributed by atoms with van der Waals surface area (Å²) in [6.07, 6.45) is 1.46. The molecule has 4 rings (SSSR count). The molecule has 0 fully saturated rings. The molecule has 4 aromatic rings. The molecule has 2 aromatic carbocycles. The average molecular weight is 371 g/mol. The van der Waals surface area contributed by atoms with Gasteiger partial charge >= 0.3 is 0 Å². The summed E-state index contributed by atoms with van der Waals surface area (Å²) in [6.45, 7) is 2.63. The molecular weight excluding hydrogens is 350 g/mol. The molecule has 0 saturated heterocycles. The van der Waals surface area contributed by atoms with Crippen molar-refractivity contribution in [3.63, 3.8) is 0 Å². The first-order chi connectivity index (χ1) is 13.6. The molecular formula is C22H21N5O. The molecule has 28 heavy (non-hydrogen) atoms. The van der Waals surface area contributed by atoms with Gasteiger partial charge in [-0.2, -0.15) is 4.98 Å². The fourth-order valence-electron chi connectivity index (χ4n) is 3.09. The van der Waals surface area contributed by atoms with Crippen LogP contribution in [0.25, 0.3) is 10.9 Å². The van der Waals surface area contributed by atoms with Crippen LogP contribution in [0.15, 0.2) is 67.0 Å². The van der Waals surface area contributed by atoms with Crippen molar-refractivity contribution >= 4 is 22.4 Å². The van der Waals surface area contributed by atoms with Gasteiger partial charge < -0.3 is 15.4 Å². The van der Waals surface area contributed by atoms with Crippen molar-refractivity contribution < 1.29 is 4.74 Å². The van der Waals surface area contributed by atoms with Gasteiger partial charge in [-0.1, -0.05) is 48.5 Å². The maximum Gasteiger partial charge on any atom is 0.248 e. The zero-order valence-corrected chi connectivity index (χ0v) is 15.8. The van der Waals surface area contributed by atoms with E-state index in [2.05, 4.69) is 27.1 Å². The predicted molar refractivity (Wildman–Crippen MR) is 112 cm³/mol. The molecule has 2 aromatic heterocycles. The number of hydrogen-bond acceptors (Lipinski definition) is 6. The molecule has 0 radical (unpaired) electrons. The van der Waals surface area contributed by atoms with Crippen molar-refractivity contribution in [1.82, 2.24) is 15.0 Å². The third-order valence-corrected chi connectivity index (χ3v) is 4.48. The number of hydrogen-bond donors (Lipinski definition) is 1. The van der Waals surface area contributed by atoms with E-state index in [-0.39, 0.29) is 0 Å². The predicted octanol–water partition coefficient (Wildman–Crippen LogP) is 4.34. The molecule has 0 unspecified atom stereocenters. The molecule has 0 bridgehead atoms. The summed E-state index contributed by atoms with van der Waals surface area (Å²) in [5, 5.41) is 0.997. The molecule has 0 amide bonds.